The number of hydrogen-bond acceptors (Lipinski definition) is 6. The van der Waals surface area contributed by atoms with Crippen LogP contribution in [0.4, 0.5) is 5.69 Å². The van der Waals surface area contributed by atoms with E-state index in [4.69, 9.17) is 19.5 Å². The molecule has 0 fully saturated rings. The highest BCUT2D eigenvalue weighted by Gasteiger charge is 2.20. The third-order valence-electron chi connectivity index (χ3n) is 4.56. The van der Waals surface area contributed by atoms with E-state index in [0.717, 1.165) is 10.8 Å². The number of nitrogens with zero attached hydrogens (tertiary/aromatic N) is 2. The number of carbonyl (C=O) groups excluding carboxylic acids is 2. The standard InChI is InChI=1S/C24H22N2O5/c1-29-22-10-5-4-9-21(22)26(14-6-13-25)23(27)16-31-24(28)17-30-20-12-11-18-7-2-3-8-19(18)15-20/h2-5,7-12,15H,6,14,16-17H2,1H3. The minimum absolute atomic E-state index is 0.128. The number of fused-ring (bicyclic) bond motifs is 1. The van der Waals surface area contributed by atoms with Gasteiger partial charge in [-0.2, -0.15) is 5.26 Å². The Morgan fingerprint density at radius 2 is 1.71 bits per heavy atom. The van der Waals surface area contributed by atoms with Crippen molar-refractivity contribution in [1.29, 1.82) is 5.26 Å². The maximum absolute atomic E-state index is 12.7. The average molecular weight is 418 g/mol. The van der Waals surface area contributed by atoms with Crippen molar-refractivity contribution in [2.45, 2.75) is 6.42 Å². The number of hydrogen-bond donors (Lipinski definition) is 0. The summed E-state index contributed by atoms with van der Waals surface area (Å²) in [6.45, 7) is -0.636. The zero-order chi connectivity index (χ0) is 22.1. The van der Waals surface area contributed by atoms with E-state index in [2.05, 4.69) is 0 Å². The molecule has 158 valence electrons. The number of benzene rings is 3. The number of nitriles is 1. The second-order valence-electron chi connectivity index (χ2n) is 6.58. The molecule has 0 aromatic heterocycles. The molecule has 0 spiro atoms. The molecule has 0 aliphatic carbocycles. The summed E-state index contributed by atoms with van der Waals surface area (Å²) in [7, 11) is 1.50. The van der Waals surface area contributed by atoms with E-state index in [1.165, 1.54) is 12.0 Å². The van der Waals surface area contributed by atoms with Gasteiger partial charge in [0.15, 0.2) is 13.2 Å². The van der Waals surface area contributed by atoms with Crippen molar-refractivity contribution in [1.82, 2.24) is 0 Å². The Morgan fingerprint density at radius 1 is 0.968 bits per heavy atom. The van der Waals surface area contributed by atoms with Crippen LogP contribution in [-0.4, -0.2) is 38.7 Å². The molecule has 7 heteroatoms. The molecular formula is C24H22N2O5. The Labute approximate surface area is 180 Å². The van der Waals surface area contributed by atoms with E-state index in [9.17, 15) is 9.59 Å². The molecule has 0 saturated heterocycles. The molecule has 0 unspecified atom stereocenters. The summed E-state index contributed by atoms with van der Waals surface area (Å²) in [6.07, 6.45) is 0.128. The van der Waals surface area contributed by atoms with Gasteiger partial charge in [0.05, 0.1) is 25.3 Å². The van der Waals surface area contributed by atoms with Crippen LogP contribution in [0.2, 0.25) is 0 Å². The van der Waals surface area contributed by atoms with Gasteiger partial charge in [0.25, 0.3) is 5.91 Å². The Hall–Kier alpha value is -4.05. The summed E-state index contributed by atoms with van der Waals surface area (Å²) in [5.74, 6) is -0.105. The maximum Gasteiger partial charge on any atom is 0.344 e. The van der Waals surface area contributed by atoms with E-state index in [0.29, 0.717) is 17.2 Å². The normalized spacial score (nSPS) is 10.2. The number of amides is 1. The molecule has 0 saturated carbocycles. The molecule has 31 heavy (non-hydrogen) atoms. The van der Waals surface area contributed by atoms with Gasteiger partial charge >= 0.3 is 5.97 Å². The Bertz CT molecular complexity index is 1110. The molecule has 3 rings (SSSR count). The number of rotatable bonds is 9. The molecule has 7 nitrogen and oxygen atoms in total. The molecule has 0 aliphatic rings. The van der Waals surface area contributed by atoms with E-state index < -0.39 is 18.5 Å². The van der Waals surface area contributed by atoms with Crippen molar-refractivity contribution in [3.05, 3.63) is 66.7 Å². The Balaban J connectivity index is 1.57. The SMILES string of the molecule is COc1ccccc1N(CCC#N)C(=O)COC(=O)COc1ccc2ccccc2c1. The number of carbonyl (C=O) groups is 2. The van der Waals surface area contributed by atoms with Gasteiger partial charge in [0.1, 0.15) is 11.5 Å². The second kappa shape index (κ2) is 10.6. The number of esters is 1. The summed E-state index contributed by atoms with van der Waals surface area (Å²) in [4.78, 5) is 26.1. The first-order valence-corrected chi connectivity index (χ1v) is 9.70. The van der Waals surface area contributed by atoms with Gasteiger partial charge in [-0.05, 0) is 35.0 Å². The highest BCUT2D eigenvalue weighted by molar-refractivity contribution is 5.96. The predicted molar refractivity (Wildman–Crippen MR) is 116 cm³/mol. The lowest BCUT2D eigenvalue weighted by Gasteiger charge is -2.23. The van der Waals surface area contributed by atoms with Crippen LogP contribution in [-0.2, 0) is 14.3 Å². The monoisotopic (exact) mass is 418 g/mol. The van der Waals surface area contributed by atoms with Gasteiger partial charge in [-0.15, -0.1) is 0 Å². The summed E-state index contributed by atoms with van der Waals surface area (Å²) in [5, 5.41) is 11.0. The lowest BCUT2D eigenvalue weighted by Crippen LogP contribution is -2.36. The third kappa shape index (κ3) is 5.73. The number of para-hydroxylation sites is 2. The van der Waals surface area contributed by atoms with Gasteiger partial charge < -0.3 is 19.1 Å². The molecule has 1 amide bonds. The number of anilines is 1. The highest BCUT2D eigenvalue weighted by atomic mass is 16.6. The van der Waals surface area contributed by atoms with Crippen molar-refractivity contribution in [2.75, 3.05) is 31.8 Å². The fourth-order valence-corrected chi connectivity index (χ4v) is 3.06. The first-order chi connectivity index (χ1) is 15.1. The van der Waals surface area contributed by atoms with Crippen LogP contribution in [0.15, 0.2) is 66.7 Å². The van der Waals surface area contributed by atoms with Crippen LogP contribution in [0, 0.1) is 11.3 Å². The van der Waals surface area contributed by atoms with Crippen molar-refractivity contribution in [3.63, 3.8) is 0 Å². The number of methoxy groups -OCH3 is 1. The lowest BCUT2D eigenvalue weighted by molar-refractivity contribution is -0.149. The van der Waals surface area contributed by atoms with Crippen LogP contribution < -0.4 is 14.4 Å². The van der Waals surface area contributed by atoms with Gasteiger partial charge in [-0.1, -0.05) is 42.5 Å². The molecule has 0 bridgehead atoms. The van der Waals surface area contributed by atoms with Crippen molar-refractivity contribution < 1.29 is 23.8 Å². The van der Waals surface area contributed by atoms with Crippen LogP contribution in [0.3, 0.4) is 0 Å². The zero-order valence-corrected chi connectivity index (χ0v) is 17.1. The van der Waals surface area contributed by atoms with Gasteiger partial charge in [-0.25, -0.2) is 4.79 Å². The largest absolute Gasteiger partial charge is 0.495 e. The fourth-order valence-electron chi connectivity index (χ4n) is 3.06. The first kappa shape index (κ1) is 21.7. The molecule has 0 atom stereocenters. The summed E-state index contributed by atoms with van der Waals surface area (Å²) >= 11 is 0. The molecule has 3 aromatic rings. The van der Waals surface area contributed by atoms with Gasteiger partial charge in [0.2, 0.25) is 0 Å². The van der Waals surface area contributed by atoms with E-state index >= 15 is 0 Å². The zero-order valence-electron chi connectivity index (χ0n) is 17.1. The minimum atomic E-state index is -0.665. The molecule has 0 aliphatic heterocycles. The van der Waals surface area contributed by atoms with Crippen molar-refractivity contribution in [2.24, 2.45) is 0 Å². The molecular weight excluding hydrogens is 396 g/mol. The minimum Gasteiger partial charge on any atom is -0.495 e. The van der Waals surface area contributed by atoms with Crippen LogP contribution in [0.25, 0.3) is 10.8 Å². The third-order valence-corrected chi connectivity index (χ3v) is 4.56. The van der Waals surface area contributed by atoms with E-state index in [1.807, 2.05) is 42.5 Å². The quantitative estimate of drug-likeness (QED) is 0.492. The average Bonchev–Trinajstić information content (AvgIpc) is 2.81. The van der Waals surface area contributed by atoms with Crippen LogP contribution in [0.5, 0.6) is 11.5 Å². The lowest BCUT2D eigenvalue weighted by atomic mass is 10.1. The molecule has 3 aromatic carbocycles. The summed E-state index contributed by atoms with van der Waals surface area (Å²) in [6, 6.07) is 22.3. The molecule has 0 N–H and O–H groups in total. The fraction of sp³-hybridized carbons (Fsp3) is 0.208. The number of ether oxygens (including phenoxy) is 3. The van der Waals surface area contributed by atoms with Crippen molar-refractivity contribution in [3.8, 4) is 17.6 Å². The summed E-state index contributed by atoms with van der Waals surface area (Å²) in [5.41, 5.74) is 0.508. The smallest absolute Gasteiger partial charge is 0.344 e. The molecule has 0 heterocycles. The Kier molecular flexibility index (Phi) is 7.44. The molecule has 0 radical (unpaired) electrons. The second-order valence-corrected chi connectivity index (χ2v) is 6.58. The van der Waals surface area contributed by atoms with E-state index in [-0.39, 0.29) is 19.6 Å². The topological polar surface area (TPSA) is 88.9 Å². The van der Waals surface area contributed by atoms with Crippen LogP contribution >= 0.6 is 0 Å². The van der Waals surface area contributed by atoms with Crippen molar-refractivity contribution >= 4 is 28.3 Å². The maximum atomic E-state index is 12.7. The first-order valence-electron chi connectivity index (χ1n) is 9.70. The van der Waals surface area contributed by atoms with E-state index in [1.54, 1.807) is 30.3 Å². The highest BCUT2D eigenvalue weighted by Crippen LogP contribution is 2.28. The Morgan fingerprint density at radius 3 is 2.48 bits per heavy atom. The summed E-state index contributed by atoms with van der Waals surface area (Å²) < 4.78 is 15.9. The van der Waals surface area contributed by atoms with Gasteiger partial charge in [-0.3, -0.25) is 4.79 Å². The van der Waals surface area contributed by atoms with Gasteiger partial charge in [0, 0.05) is 6.54 Å². The predicted octanol–water partition coefficient (Wildman–Crippen LogP) is 3.72. The van der Waals surface area contributed by atoms with Crippen LogP contribution in [0.1, 0.15) is 6.42 Å².